The van der Waals surface area contributed by atoms with E-state index < -0.39 is 17.8 Å². The minimum absolute atomic E-state index is 0.0161. The van der Waals surface area contributed by atoms with Gasteiger partial charge < -0.3 is 0 Å². The van der Waals surface area contributed by atoms with Gasteiger partial charge in [0.15, 0.2) is 5.69 Å². The van der Waals surface area contributed by atoms with Crippen molar-refractivity contribution in [3.05, 3.63) is 59.4 Å². The van der Waals surface area contributed by atoms with Crippen LogP contribution in [0.4, 0.5) is 23.5 Å². The maximum Gasteiger partial charge on any atom is 0.435 e. The summed E-state index contributed by atoms with van der Waals surface area (Å²) in [6.45, 7) is 1.74. The number of rotatable bonds is 6. The predicted octanol–water partition coefficient (Wildman–Crippen LogP) is 3.02. The van der Waals surface area contributed by atoms with Crippen LogP contribution in [-0.2, 0) is 24.1 Å². The molecule has 0 aliphatic rings. The van der Waals surface area contributed by atoms with E-state index in [-0.39, 0.29) is 31.3 Å². The lowest BCUT2D eigenvalue weighted by Crippen LogP contribution is -2.17. The number of aromatic nitrogens is 5. The van der Waals surface area contributed by atoms with Crippen molar-refractivity contribution in [1.29, 1.82) is 0 Å². The van der Waals surface area contributed by atoms with Gasteiger partial charge in [0.25, 0.3) is 0 Å². The third-order valence-electron chi connectivity index (χ3n) is 3.84. The summed E-state index contributed by atoms with van der Waals surface area (Å²) in [6, 6.07) is 6.92. The van der Waals surface area contributed by atoms with Gasteiger partial charge >= 0.3 is 6.18 Å². The van der Waals surface area contributed by atoms with Crippen molar-refractivity contribution in [2.24, 2.45) is 0 Å². The van der Waals surface area contributed by atoms with E-state index in [2.05, 4.69) is 20.5 Å². The van der Waals surface area contributed by atoms with Gasteiger partial charge in [0.05, 0.1) is 6.54 Å². The molecular weight excluding hydrogens is 380 g/mol. The summed E-state index contributed by atoms with van der Waals surface area (Å²) in [4.78, 5) is 15.9. The second-order valence-corrected chi connectivity index (χ2v) is 6.09. The van der Waals surface area contributed by atoms with Gasteiger partial charge in [-0.3, -0.25) is 14.8 Å². The second-order valence-electron chi connectivity index (χ2n) is 6.09. The van der Waals surface area contributed by atoms with Crippen molar-refractivity contribution in [2.75, 3.05) is 5.32 Å². The number of nitrogens with zero attached hydrogens (tertiary/aromatic N) is 5. The number of nitrogens with one attached hydrogen (secondary N) is 1. The van der Waals surface area contributed by atoms with E-state index in [0.717, 1.165) is 10.7 Å². The number of amides is 1. The molecule has 0 bridgehead atoms. The number of hydrogen-bond donors (Lipinski definition) is 1. The quantitative estimate of drug-likeness (QED) is 0.650. The first-order valence-corrected chi connectivity index (χ1v) is 8.26. The molecule has 0 saturated heterocycles. The number of benzene rings is 1. The fraction of sp³-hybridized carbons (Fsp3) is 0.294. The van der Waals surface area contributed by atoms with E-state index in [9.17, 15) is 22.4 Å². The van der Waals surface area contributed by atoms with Gasteiger partial charge in [0.1, 0.15) is 12.1 Å². The Balaban J connectivity index is 1.54. The molecule has 2 heterocycles. The average Bonchev–Trinajstić information content (AvgIpc) is 3.19. The third kappa shape index (κ3) is 4.93. The normalized spacial score (nSPS) is 11.6. The molecule has 1 amide bonds. The minimum atomic E-state index is -4.53. The Morgan fingerprint density at radius 1 is 1.21 bits per heavy atom. The number of carbonyl (C=O) groups excluding carboxylic acids is 1. The van der Waals surface area contributed by atoms with Gasteiger partial charge in [-0.25, -0.2) is 14.1 Å². The molecule has 1 aromatic carbocycles. The van der Waals surface area contributed by atoms with Gasteiger partial charge in [-0.15, -0.1) is 5.10 Å². The van der Waals surface area contributed by atoms with Crippen molar-refractivity contribution < 1.29 is 22.4 Å². The molecule has 3 aromatic rings. The largest absolute Gasteiger partial charge is 0.435 e. The van der Waals surface area contributed by atoms with Gasteiger partial charge in [-0.1, -0.05) is 12.1 Å². The molecule has 0 unspecified atom stereocenters. The maximum absolute atomic E-state index is 13.2. The molecule has 0 saturated carbocycles. The summed E-state index contributed by atoms with van der Waals surface area (Å²) < 4.78 is 53.7. The summed E-state index contributed by atoms with van der Waals surface area (Å²) in [5.74, 6) is -0.782. The molecule has 7 nitrogen and oxygen atoms in total. The average molecular weight is 396 g/mol. The van der Waals surface area contributed by atoms with E-state index >= 15 is 0 Å². The Morgan fingerprint density at radius 2 is 2.00 bits per heavy atom. The minimum Gasteiger partial charge on any atom is -0.293 e. The van der Waals surface area contributed by atoms with Crippen molar-refractivity contribution in [1.82, 2.24) is 24.5 Å². The monoisotopic (exact) mass is 396 g/mol. The highest BCUT2D eigenvalue weighted by molar-refractivity contribution is 5.88. The first-order chi connectivity index (χ1) is 13.2. The van der Waals surface area contributed by atoms with Gasteiger partial charge in [-0.05, 0) is 30.7 Å². The number of carbonyl (C=O) groups is 1. The standard InChI is InChI=1S/C17H16F4N6O/c1-11-7-14(17(19,20)21)24-27(11)6-5-15(28)23-16-22-10-26(25-16)9-12-3-2-4-13(18)8-12/h2-4,7-8,10H,5-6,9H2,1H3,(H,23,25,28). The van der Waals surface area contributed by atoms with E-state index in [1.165, 1.54) is 30.1 Å². The number of halogens is 4. The molecule has 0 aliphatic carbocycles. The fourth-order valence-corrected chi connectivity index (χ4v) is 2.52. The predicted molar refractivity (Wildman–Crippen MR) is 90.7 cm³/mol. The Kier molecular flexibility index (Phi) is 5.43. The van der Waals surface area contributed by atoms with Crippen molar-refractivity contribution in [3.8, 4) is 0 Å². The fourth-order valence-electron chi connectivity index (χ4n) is 2.52. The Hall–Kier alpha value is -3.24. The van der Waals surface area contributed by atoms with E-state index in [4.69, 9.17) is 0 Å². The van der Waals surface area contributed by atoms with Crippen LogP contribution in [-0.4, -0.2) is 30.5 Å². The van der Waals surface area contributed by atoms with Crippen LogP contribution in [0.25, 0.3) is 0 Å². The molecule has 0 fully saturated rings. The zero-order valence-electron chi connectivity index (χ0n) is 14.7. The highest BCUT2D eigenvalue weighted by Crippen LogP contribution is 2.28. The molecule has 0 spiro atoms. The summed E-state index contributed by atoms with van der Waals surface area (Å²) >= 11 is 0. The van der Waals surface area contributed by atoms with Gasteiger partial charge in [0, 0.05) is 18.7 Å². The SMILES string of the molecule is Cc1cc(C(F)(F)F)nn1CCC(=O)Nc1ncn(Cc2cccc(F)c2)n1. The Bertz CT molecular complexity index is 978. The van der Waals surface area contributed by atoms with E-state index in [0.29, 0.717) is 11.3 Å². The number of anilines is 1. The second kappa shape index (κ2) is 7.79. The zero-order chi connectivity index (χ0) is 20.3. The molecule has 148 valence electrons. The first kappa shape index (κ1) is 19.5. The molecule has 3 rings (SSSR count). The summed E-state index contributed by atoms with van der Waals surface area (Å²) in [7, 11) is 0. The number of aryl methyl sites for hydroxylation is 2. The van der Waals surface area contributed by atoms with Crippen LogP contribution in [0.15, 0.2) is 36.7 Å². The summed E-state index contributed by atoms with van der Waals surface area (Å²) in [6.07, 6.45) is -3.25. The van der Waals surface area contributed by atoms with Crippen LogP contribution < -0.4 is 5.32 Å². The number of alkyl halides is 3. The van der Waals surface area contributed by atoms with Crippen LogP contribution >= 0.6 is 0 Å². The molecule has 1 N–H and O–H groups in total. The van der Waals surface area contributed by atoms with Crippen molar-refractivity contribution >= 4 is 11.9 Å². The first-order valence-electron chi connectivity index (χ1n) is 8.26. The van der Waals surface area contributed by atoms with Gasteiger partial charge in [-0.2, -0.15) is 18.3 Å². The lowest BCUT2D eigenvalue weighted by molar-refractivity contribution is -0.141. The maximum atomic E-state index is 13.2. The highest BCUT2D eigenvalue weighted by atomic mass is 19.4. The molecule has 28 heavy (non-hydrogen) atoms. The van der Waals surface area contributed by atoms with Crippen molar-refractivity contribution in [2.45, 2.75) is 32.6 Å². The zero-order valence-corrected chi connectivity index (χ0v) is 14.7. The van der Waals surface area contributed by atoms with Gasteiger partial charge in [0.2, 0.25) is 11.9 Å². The van der Waals surface area contributed by atoms with Crippen LogP contribution in [0.1, 0.15) is 23.4 Å². The Labute approximate surface area is 157 Å². The smallest absolute Gasteiger partial charge is 0.293 e. The lowest BCUT2D eigenvalue weighted by Gasteiger charge is -2.05. The highest BCUT2D eigenvalue weighted by Gasteiger charge is 2.34. The molecule has 11 heteroatoms. The molecule has 0 radical (unpaired) electrons. The Morgan fingerprint density at radius 3 is 2.68 bits per heavy atom. The van der Waals surface area contributed by atoms with Crippen LogP contribution in [0.3, 0.4) is 0 Å². The van der Waals surface area contributed by atoms with Crippen LogP contribution in [0, 0.1) is 12.7 Å². The van der Waals surface area contributed by atoms with Crippen LogP contribution in [0.2, 0.25) is 0 Å². The lowest BCUT2D eigenvalue weighted by atomic mass is 10.2. The molecule has 2 aromatic heterocycles. The molecule has 0 atom stereocenters. The molecule has 0 aliphatic heterocycles. The van der Waals surface area contributed by atoms with E-state index in [1.54, 1.807) is 12.1 Å². The summed E-state index contributed by atoms with van der Waals surface area (Å²) in [5.41, 5.74) is -0.0156. The van der Waals surface area contributed by atoms with Crippen LogP contribution in [0.5, 0.6) is 0 Å². The summed E-state index contributed by atoms with van der Waals surface area (Å²) in [5, 5.41) is 9.99. The van der Waals surface area contributed by atoms with E-state index in [1.807, 2.05) is 0 Å². The third-order valence-corrected chi connectivity index (χ3v) is 3.84. The topological polar surface area (TPSA) is 77.6 Å². The van der Waals surface area contributed by atoms with Crippen molar-refractivity contribution in [3.63, 3.8) is 0 Å². The molecular formula is C17H16F4N6O. The number of hydrogen-bond acceptors (Lipinski definition) is 4.